The molecule has 0 spiro atoms. The van der Waals surface area contributed by atoms with E-state index < -0.39 is 11.4 Å². The molecule has 0 amide bonds. The molecule has 0 aromatic heterocycles. The van der Waals surface area contributed by atoms with Crippen molar-refractivity contribution in [2.24, 2.45) is 5.41 Å². The Balaban J connectivity index is 2.70. The average Bonchev–Trinajstić information content (AvgIpc) is 2.16. The third-order valence-electron chi connectivity index (χ3n) is 2.55. The van der Waals surface area contributed by atoms with Gasteiger partial charge in [0.2, 0.25) is 0 Å². The van der Waals surface area contributed by atoms with Crippen LogP contribution in [0.1, 0.15) is 32.6 Å². The first-order valence-corrected chi connectivity index (χ1v) is 4.79. The molecule has 1 unspecified atom stereocenters. The van der Waals surface area contributed by atoms with Crippen LogP contribution < -0.4 is 0 Å². The van der Waals surface area contributed by atoms with Gasteiger partial charge in [-0.1, -0.05) is 44.1 Å². The Morgan fingerprint density at radius 2 is 2.31 bits per heavy atom. The fourth-order valence-electron chi connectivity index (χ4n) is 1.61. The predicted octanol–water partition coefficient (Wildman–Crippen LogP) is 2.76. The third kappa shape index (κ3) is 2.20. The Morgan fingerprint density at radius 3 is 2.77 bits per heavy atom. The fraction of sp³-hybridized carbons (Fsp3) is 0.545. The van der Waals surface area contributed by atoms with Crippen molar-refractivity contribution in [3.05, 3.63) is 24.3 Å². The van der Waals surface area contributed by atoms with Gasteiger partial charge in [0, 0.05) is 0 Å². The zero-order valence-electron chi connectivity index (χ0n) is 7.99. The van der Waals surface area contributed by atoms with Crippen molar-refractivity contribution < 1.29 is 9.90 Å². The summed E-state index contributed by atoms with van der Waals surface area (Å²) < 4.78 is 0. The molecule has 1 rings (SSSR count). The van der Waals surface area contributed by atoms with Gasteiger partial charge < -0.3 is 5.11 Å². The normalized spacial score (nSPS) is 26.2. The van der Waals surface area contributed by atoms with Gasteiger partial charge in [-0.05, 0) is 12.8 Å². The molecular weight excluding hydrogens is 164 g/mol. The minimum atomic E-state index is -0.693. The van der Waals surface area contributed by atoms with Crippen LogP contribution in [0.5, 0.6) is 0 Å². The maximum Gasteiger partial charge on any atom is 0.313 e. The zero-order chi connectivity index (χ0) is 9.73. The van der Waals surface area contributed by atoms with Crippen LogP contribution in [0.3, 0.4) is 0 Å². The minimum absolute atomic E-state index is 0.620. The second-order valence-electron chi connectivity index (χ2n) is 3.56. The molecular formula is C11H16O2. The summed E-state index contributed by atoms with van der Waals surface area (Å²) in [6.07, 6.45) is 10.9. The van der Waals surface area contributed by atoms with Crippen LogP contribution in [0.15, 0.2) is 24.3 Å². The number of hydrogen-bond acceptors (Lipinski definition) is 1. The third-order valence-corrected chi connectivity index (χ3v) is 2.55. The molecule has 1 atom stereocenters. The van der Waals surface area contributed by atoms with E-state index in [-0.39, 0.29) is 0 Å². The van der Waals surface area contributed by atoms with Crippen molar-refractivity contribution in [2.45, 2.75) is 32.6 Å². The lowest BCUT2D eigenvalue weighted by atomic mass is 9.77. The number of carboxylic acids is 1. The van der Waals surface area contributed by atoms with E-state index >= 15 is 0 Å². The summed E-state index contributed by atoms with van der Waals surface area (Å²) >= 11 is 0. The maximum atomic E-state index is 11.1. The van der Waals surface area contributed by atoms with Gasteiger partial charge in [0.15, 0.2) is 0 Å². The molecule has 1 aliphatic rings. The van der Waals surface area contributed by atoms with E-state index in [0.29, 0.717) is 6.42 Å². The Hall–Kier alpha value is -1.05. The van der Waals surface area contributed by atoms with Gasteiger partial charge in [-0.2, -0.15) is 0 Å². The summed E-state index contributed by atoms with van der Waals surface area (Å²) in [6, 6.07) is 0. The monoisotopic (exact) mass is 180 g/mol. The van der Waals surface area contributed by atoms with Crippen LogP contribution in [0.4, 0.5) is 0 Å². The van der Waals surface area contributed by atoms with Gasteiger partial charge in [0.05, 0.1) is 5.41 Å². The molecule has 0 aromatic rings. The molecule has 0 saturated heterocycles. The van der Waals surface area contributed by atoms with Crippen LogP contribution in [-0.4, -0.2) is 11.1 Å². The lowest BCUT2D eigenvalue weighted by Gasteiger charge is -2.26. The van der Waals surface area contributed by atoms with E-state index in [9.17, 15) is 4.79 Å². The van der Waals surface area contributed by atoms with Crippen molar-refractivity contribution in [3.63, 3.8) is 0 Å². The Labute approximate surface area is 79.0 Å². The molecule has 0 saturated carbocycles. The lowest BCUT2D eigenvalue weighted by Crippen LogP contribution is -2.29. The largest absolute Gasteiger partial charge is 0.481 e. The summed E-state index contributed by atoms with van der Waals surface area (Å²) in [6.45, 7) is 2.08. The SMILES string of the molecule is CCCCC1(C(=O)O)C=CC=CC1. The van der Waals surface area contributed by atoms with E-state index in [0.717, 1.165) is 19.3 Å². The molecule has 2 nitrogen and oxygen atoms in total. The first-order chi connectivity index (χ1) is 6.21. The van der Waals surface area contributed by atoms with Crippen LogP contribution in [0, 0.1) is 5.41 Å². The van der Waals surface area contributed by atoms with Crippen LogP contribution in [0.2, 0.25) is 0 Å². The summed E-state index contributed by atoms with van der Waals surface area (Å²) in [5.74, 6) is -0.693. The number of hydrogen-bond donors (Lipinski definition) is 1. The second-order valence-corrected chi connectivity index (χ2v) is 3.56. The average molecular weight is 180 g/mol. The molecule has 0 heterocycles. The Morgan fingerprint density at radius 1 is 1.54 bits per heavy atom. The summed E-state index contributed by atoms with van der Waals surface area (Å²) in [4.78, 5) is 11.1. The molecule has 0 radical (unpaired) electrons. The summed E-state index contributed by atoms with van der Waals surface area (Å²) in [7, 11) is 0. The molecule has 0 aromatic carbocycles. The topological polar surface area (TPSA) is 37.3 Å². The summed E-state index contributed by atoms with van der Waals surface area (Å²) in [5, 5.41) is 9.13. The standard InChI is InChI=1S/C11H16O2/c1-2-3-7-11(10(12)13)8-5-4-6-9-11/h4-6,8H,2-3,7,9H2,1H3,(H,12,13). The van der Waals surface area contributed by atoms with Gasteiger partial charge in [-0.15, -0.1) is 0 Å². The molecule has 0 bridgehead atoms. The molecule has 1 N–H and O–H groups in total. The number of carboxylic acid groups (broad SMARTS) is 1. The zero-order valence-corrected chi connectivity index (χ0v) is 7.99. The first-order valence-electron chi connectivity index (χ1n) is 4.79. The Kier molecular flexibility index (Phi) is 3.29. The smallest absolute Gasteiger partial charge is 0.313 e. The molecule has 0 fully saturated rings. The Bertz CT molecular complexity index is 240. The van der Waals surface area contributed by atoms with Gasteiger partial charge >= 0.3 is 5.97 Å². The lowest BCUT2D eigenvalue weighted by molar-refractivity contribution is -0.146. The highest BCUT2D eigenvalue weighted by molar-refractivity contribution is 5.77. The van der Waals surface area contributed by atoms with Gasteiger partial charge in [0.25, 0.3) is 0 Å². The minimum Gasteiger partial charge on any atom is -0.481 e. The van der Waals surface area contributed by atoms with Crippen molar-refractivity contribution in [3.8, 4) is 0 Å². The van der Waals surface area contributed by atoms with Gasteiger partial charge in [0.1, 0.15) is 0 Å². The first kappa shape index (κ1) is 10.0. The summed E-state index contributed by atoms with van der Waals surface area (Å²) in [5.41, 5.74) is -0.620. The predicted molar refractivity (Wildman–Crippen MR) is 52.5 cm³/mol. The molecule has 1 aliphatic carbocycles. The van der Waals surface area contributed by atoms with Crippen molar-refractivity contribution in [1.82, 2.24) is 0 Å². The molecule has 2 heteroatoms. The number of rotatable bonds is 4. The highest BCUT2D eigenvalue weighted by Gasteiger charge is 2.34. The molecule has 72 valence electrons. The quantitative estimate of drug-likeness (QED) is 0.722. The number of aliphatic carboxylic acids is 1. The maximum absolute atomic E-state index is 11.1. The number of unbranched alkanes of at least 4 members (excludes halogenated alkanes) is 1. The van der Waals surface area contributed by atoms with Gasteiger partial charge in [-0.3, -0.25) is 4.79 Å². The van der Waals surface area contributed by atoms with Crippen molar-refractivity contribution in [1.29, 1.82) is 0 Å². The van der Waals surface area contributed by atoms with E-state index in [2.05, 4.69) is 6.92 Å². The van der Waals surface area contributed by atoms with E-state index in [1.54, 1.807) is 0 Å². The van der Waals surface area contributed by atoms with Crippen LogP contribution in [-0.2, 0) is 4.79 Å². The number of allylic oxidation sites excluding steroid dienone is 3. The van der Waals surface area contributed by atoms with Crippen LogP contribution >= 0.6 is 0 Å². The van der Waals surface area contributed by atoms with Gasteiger partial charge in [-0.25, -0.2) is 0 Å². The van der Waals surface area contributed by atoms with E-state index in [1.165, 1.54) is 0 Å². The van der Waals surface area contributed by atoms with E-state index in [1.807, 2.05) is 24.3 Å². The van der Waals surface area contributed by atoms with Crippen LogP contribution in [0.25, 0.3) is 0 Å². The molecule has 0 aliphatic heterocycles. The van der Waals surface area contributed by atoms with Crippen molar-refractivity contribution in [2.75, 3.05) is 0 Å². The molecule has 13 heavy (non-hydrogen) atoms. The van der Waals surface area contributed by atoms with Crippen molar-refractivity contribution >= 4 is 5.97 Å². The number of carbonyl (C=O) groups is 1. The fourth-order valence-corrected chi connectivity index (χ4v) is 1.61. The highest BCUT2D eigenvalue weighted by Crippen LogP contribution is 2.33. The highest BCUT2D eigenvalue weighted by atomic mass is 16.4. The second kappa shape index (κ2) is 4.26. The van der Waals surface area contributed by atoms with E-state index in [4.69, 9.17) is 5.11 Å².